The van der Waals surface area contributed by atoms with Gasteiger partial charge in [0.05, 0.1) is 6.61 Å². The van der Waals surface area contributed by atoms with Crippen molar-refractivity contribution in [2.45, 2.75) is 117 Å². The van der Waals surface area contributed by atoms with Gasteiger partial charge in [0.2, 0.25) is 0 Å². The van der Waals surface area contributed by atoms with E-state index in [1.54, 1.807) is 0 Å². The molecule has 25 heavy (non-hydrogen) atoms. The molecular weight excluding hydrogens is 308 g/mol. The monoisotopic (exact) mass is 352 g/mol. The van der Waals surface area contributed by atoms with Crippen LogP contribution in [-0.2, 0) is 9.53 Å². The highest BCUT2D eigenvalue weighted by Gasteiger charge is 2.09. The van der Waals surface area contributed by atoms with E-state index >= 15 is 0 Å². The molecule has 0 saturated carbocycles. The molecule has 2 heteroatoms. The highest BCUT2D eigenvalue weighted by atomic mass is 16.5. The molecule has 1 atom stereocenters. The lowest BCUT2D eigenvalue weighted by molar-refractivity contribution is -0.137. The number of rotatable bonds is 19. The highest BCUT2D eigenvalue weighted by molar-refractivity contribution is 5.81. The van der Waals surface area contributed by atoms with Gasteiger partial charge >= 0.3 is 5.97 Å². The smallest absolute Gasteiger partial charge is 0.330 e. The van der Waals surface area contributed by atoms with Gasteiger partial charge in [-0.25, -0.2) is 4.79 Å². The van der Waals surface area contributed by atoms with Crippen molar-refractivity contribution < 1.29 is 9.53 Å². The SMILES string of the molecule is C=CC(=O)OCCCC(CCCCCCC)CCCCCCCCC. The molecule has 0 saturated heterocycles. The molecule has 0 fully saturated rings. The number of carbonyl (C=O) groups excluding carboxylic acids is 1. The molecule has 0 aromatic heterocycles. The van der Waals surface area contributed by atoms with Crippen LogP contribution in [0.5, 0.6) is 0 Å². The molecular formula is C23H44O2. The minimum atomic E-state index is -0.289. The van der Waals surface area contributed by atoms with Gasteiger partial charge in [-0.2, -0.15) is 0 Å². The van der Waals surface area contributed by atoms with Crippen LogP contribution in [0.25, 0.3) is 0 Å². The summed E-state index contributed by atoms with van der Waals surface area (Å²) in [7, 11) is 0. The Morgan fingerprint density at radius 1 is 0.760 bits per heavy atom. The van der Waals surface area contributed by atoms with Crippen molar-refractivity contribution in [3.8, 4) is 0 Å². The predicted molar refractivity (Wildman–Crippen MR) is 110 cm³/mol. The van der Waals surface area contributed by atoms with E-state index in [1.807, 2.05) is 0 Å². The van der Waals surface area contributed by atoms with Gasteiger partial charge in [-0.15, -0.1) is 0 Å². The van der Waals surface area contributed by atoms with Crippen molar-refractivity contribution in [3.63, 3.8) is 0 Å². The van der Waals surface area contributed by atoms with Gasteiger partial charge in [-0.3, -0.25) is 0 Å². The molecule has 2 nitrogen and oxygen atoms in total. The van der Waals surface area contributed by atoms with Crippen LogP contribution in [0.15, 0.2) is 12.7 Å². The Labute approximate surface area is 157 Å². The zero-order valence-electron chi connectivity index (χ0n) is 17.2. The summed E-state index contributed by atoms with van der Waals surface area (Å²) < 4.78 is 5.12. The Morgan fingerprint density at radius 2 is 1.20 bits per heavy atom. The second kappa shape index (κ2) is 19.5. The number of hydrogen-bond acceptors (Lipinski definition) is 2. The van der Waals surface area contributed by atoms with E-state index in [9.17, 15) is 4.79 Å². The van der Waals surface area contributed by atoms with E-state index in [0.29, 0.717) is 6.61 Å². The molecule has 0 heterocycles. The molecule has 0 radical (unpaired) electrons. The normalized spacial score (nSPS) is 12.1. The molecule has 148 valence electrons. The summed E-state index contributed by atoms with van der Waals surface area (Å²) in [6.45, 7) is 8.54. The van der Waals surface area contributed by atoms with Gasteiger partial charge in [0.15, 0.2) is 0 Å². The summed E-state index contributed by atoms with van der Waals surface area (Å²) in [5, 5.41) is 0. The summed E-state index contributed by atoms with van der Waals surface area (Å²) in [5.41, 5.74) is 0. The molecule has 0 aliphatic heterocycles. The van der Waals surface area contributed by atoms with Crippen LogP contribution in [0.3, 0.4) is 0 Å². The summed E-state index contributed by atoms with van der Waals surface area (Å²) in [5.74, 6) is 0.530. The first kappa shape index (κ1) is 24.2. The van der Waals surface area contributed by atoms with Crippen LogP contribution in [0.4, 0.5) is 0 Å². The first-order valence-corrected chi connectivity index (χ1v) is 11.0. The highest BCUT2D eigenvalue weighted by Crippen LogP contribution is 2.23. The topological polar surface area (TPSA) is 26.3 Å². The molecule has 0 amide bonds. The lowest BCUT2D eigenvalue weighted by Gasteiger charge is -2.17. The van der Waals surface area contributed by atoms with E-state index in [0.717, 1.165) is 12.3 Å². The maximum Gasteiger partial charge on any atom is 0.330 e. The number of carbonyl (C=O) groups is 1. The van der Waals surface area contributed by atoms with Crippen molar-refractivity contribution in [1.29, 1.82) is 0 Å². The Morgan fingerprint density at radius 3 is 1.68 bits per heavy atom. The van der Waals surface area contributed by atoms with Gasteiger partial charge < -0.3 is 4.74 Å². The van der Waals surface area contributed by atoms with Crippen LogP contribution < -0.4 is 0 Å². The molecule has 0 aliphatic rings. The fourth-order valence-corrected chi connectivity index (χ4v) is 3.46. The Bertz CT molecular complexity index is 298. The Balaban J connectivity index is 3.85. The largest absolute Gasteiger partial charge is 0.463 e. The number of hydrogen-bond donors (Lipinski definition) is 0. The molecule has 0 spiro atoms. The molecule has 0 aromatic rings. The van der Waals surface area contributed by atoms with E-state index in [2.05, 4.69) is 20.4 Å². The van der Waals surface area contributed by atoms with E-state index in [4.69, 9.17) is 4.74 Å². The zero-order chi connectivity index (χ0) is 18.6. The molecule has 0 N–H and O–H groups in total. The van der Waals surface area contributed by atoms with Crippen LogP contribution in [0.2, 0.25) is 0 Å². The predicted octanol–water partition coefficient (Wildman–Crippen LogP) is 7.61. The van der Waals surface area contributed by atoms with E-state index in [-0.39, 0.29) is 5.97 Å². The Hall–Kier alpha value is -0.790. The number of esters is 1. The van der Waals surface area contributed by atoms with Crippen molar-refractivity contribution >= 4 is 5.97 Å². The van der Waals surface area contributed by atoms with Crippen molar-refractivity contribution in [1.82, 2.24) is 0 Å². The van der Waals surface area contributed by atoms with Gasteiger partial charge in [-0.1, -0.05) is 110 Å². The number of ether oxygens (including phenoxy) is 1. The third kappa shape index (κ3) is 17.8. The Kier molecular flexibility index (Phi) is 18.9. The lowest BCUT2D eigenvalue weighted by Crippen LogP contribution is -2.06. The third-order valence-corrected chi connectivity index (χ3v) is 5.10. The first-order chi connectivity index (χ1) is 12.2. The van der Waals surface area contributed by atoms with Crippen molar-refractivity contribution in [2.75, 3.05) is 6.61 Å². The second-order valence-corrected chi connectivity index (χ2v) is 7.49. The average Bonchev–Trinajstić information content (AvgIpc) is 2.63. The third-order valence-electron chi connectivity index (χ3n) is 5.10. The van der Waals surface area contributed by atoms with Crippen molar-refractivity contribution in [3.05, 3.63) is 12.7 Å². The second-order valence-electron chi connectivity index (χ2n) is 7.49. The van der Waals surface area contributed by atoms with Crippen LogP contribution in [0.1, 0.15) is 117 Å². The summed E-state index contributed by atoms with van der Waals surface area (Å²) in [4.78, 5) is 11.1. The zero-order valence-corrected chi connectivity index (χ0v) is 17.2. The molecule has 0 bridgehead atoms. The standard InChI is InChI=1S/C23H44O2/c1-4-7-9-11-12-14-16-19-22(18-15-13-10-8-5-2)20-17-21-25-23(24)6-3/h6,22H,3-5,7-21H2,1-2H3. The molecule has 1 unspecified atom stereocenters. The summed E-state index contributed by atoms with van der Waals surface area (Å²) >= 11 is 0. The fourth-order valence-electron chi connectivity index (χ4n) is 3.46. The number of unbranched alkanes of at least 4 members (excludes halogenated alkanes) is 10. The van der Waals surface area contributed by atoms with Crippen LogP contribution in [-0.4, -0.2) is 12.6 Å². The van der Waals surface area contributed by atoms with Gasteiger partial charge in [0.25, 0.3) is 0 Å². The van der Waals surface area contributed by atoms with Crippen molar-refractivity contribution in [2.24, 2.45) is 5.92 Å². The van der Waals surface area contributed by atoms with Gasteiger partial charge in [-0.05, 0) is 18.8 Å². The maximum absolute atomic E-state index is 11.1. The summed E-state index contributed by atoms with van der Waals surface area (Å²) in [6.07, 6.45) is 22.7. The first-order valence-electron chi connectivity index (χ1n) is 11.0. The van der Waals surface area contributed by atoms with E-state index < -0.39 is 0 Å². The molecule has 0 aliphatic carbocycles. The minimum Gasteiger partial charge on any atom is -0.463 e. The average molecular weight is 353 g/mol. The van der Waals surface area contributed by atoms with Crippen LogP contribution >= 0.6 is 0 Å². The quantitative estimate of drug-likeness (QED) is 0.136. The minimum absolute atomic E-state index is 0.289. The van der Waals surface area contributed by atoms with Gasteiger partial charge in [0, 0.05) is 6.08 Å². The van der Waals surface area contributed by atoms with Gasteiger partial charge in [0.1, 0.15) is 0 Å². The molecule has 0 aromatic carbocycles. The molecule has 0 rings (SSSR count). The summed E-state index contributed by atoms with van der Waals surface area (Å²) in [6, 6.07) is 0. The maximum atomic E-state index is 11.1. The lowest BCUT2D eigenvalue weighted by atomic mass is 9.90. The van der Waals surface area contributed by atoms with Crippen LogP contribution in [0, 0.1) is 5.92 Å². The fraction of sp³-hybridized carbons (Fsp3) is 0.870. The van der Waals surface area contributed by atoms with E-state index in [1.165, 1.54) is 102 Å².